The molecule has 14 heteroatoms. The third kappa shape index (κ3) is 15.5. The molecule has 0 saturated carbocycles. The normalized spacial score (nSPS) is 17.8. The zero-order chi connectivity index (χ0) is 27.6. The van der Waals surface area contributed by atoms with Gasteiger partial charge in [0.25, 0.3) is 11.9 Å². The second kappa shape index (κ2) is 18.5. The van der Waals surface area contributed by atoms with Crippen LogP contribution >= 0.6 is 0 Å². The van der Waals surface area contributed by atoms with Gasteiger partial charge in [-0.1, -0.05) is 0 Å². The molecule has 1 saturated heterocycles. The highest BCUT2D eigenvalue weighted by molar-refractivity contribution is 5.77. The largest absolute Gasteiger partial charge is 0.481 e. The van der Waals surface area contributed by atoms with Gasteiger partial charge in [-0.05, 0) is 19.1 Å². The van der Waals surface area contributed by atoms with E-state index < -0.39 is 35.2 Å². The van der Waals surface area contributed by atoms with Crippen molar-refractivity contribution in [3.05, 3.63) is 33.9 Å². The quantitative estimate of drug-likeness (QED) is 0.246. The maximum absolute atomic E-state index is 11.7. The minimum absolute atomic E-state index is 0.0593. The maximum Gasteiger partial charge on any atom is 0.335 e. The van der Waals surface area contributed by atoms with Crippen molar-refractivity contribution in [3.8, 4) is 5.75 Å². The van der Waals surface area contributed by atoms with Crippen molar-refractivity contribution in [2.24, 2.45) is 0 Å². The summed E-state index contributed by atoms with van der Waals surface area (Å²) in [5, 5.41) is 26.0. The van der Waals surface area contributed by atoms with Crippen molar-refractivity contribution < 1.29 is 58.1 Å². The third-order valence-electron chi connectivity index (χ3n) is 3.62. The molecule has 1 aromatic rings. The lowest BCUT2D eigenvalue weighted by molar-refractivity contribution is -0.386. The van der Waals surface area contributed by atoms with E-state index in [2.05, 4.69) is 4.74 Å². The Morgan fingerprint density at radius 1 is 1.11 bits per heavy atom. The van der Waals surface area contributed by atoms with Gasteiger partial charge >= 0.3 is 11.7 Å². The number of esters is 1. The Hall–Kier alpha value is -3.91. The lowest BCUT2D eigenvalue weighted by Gasteiger charge is -2.33. The number of benzene rings is 1. The molecular weight excluding hydrogens is 474 g/mol. The molecule has 3 unspecified atom stereocenters. The lowest BCUT2D eigenvalue weighted by atomic mass is 10.0. The molecule has 1 heterocycles. The SMILES string of the molecule is CC(=O)O.CC(=O)O.CC=O.COC(=O)C1CC(OC)CC(Oc2ccc(C=O)cc2[N+](=O)[O-])O1. The van der Waals surface area contributed by atoms with Crippen LogP contribution in [0.4, 0.5) is 5.69 Å². The first-order chi connectivity index (χ1) is 16.4. The highest BCUT2D eigenvalue weighted by Gasteiger charge is 2.36. The molecule has 2 N–H and O–H groups in total. The Morgan fingerprint density at radius 3 is 2.03 bits per heavy atom. The first kappa shape index (κ1) is 33.3. The van der Waals surface area contributed by atoms with Crippen LogP contribution in [0.2, 0.25) is 0 Å². The summed E-state index contributed by atoms with van der Waals surface area (Å²) in [4.78, 5) is 59.7. The number of carboxylic acids is 2. The number of aliphatic carboxylic acids is 2. The molecule has 1 aliphatic rings. The van der Waals surface area contributed by atoms with E-state index in [-0.39, 0.29) is 29.5 Å². The number of ether oxygens (including phenoxy) is 4. The summed E-state index contributed by atoms with van der Waals surface area (Å²) in [6.45, 7) is 3.61. The minimum Gasteiger partial charge on any atom is -0.481 e. The Balaban J connectivity index is 0. The van der Waals surface area contributed by atoms with Crippen LogP contribution in [0, 0.1) is 10.1 Å². The van der Waals surface area contributed by atoms with E-state index in [1.54, 1.807) is 0 Å². The van der Waals surface area contributed by atoms with Gasteiger partial charge in [-0.25, -0.2) is 4.79 Å². The molecule has 1 aromatic carbocycles. The van der Waals surface area contributed by atoms with Gasteiger partial charge in [0.2, 0.25) is 6.29 Å². The number of hydrogen-bond donors (Lipinski definition) is 2. The highest BCUT2D eigenvalue weighted by atomic mass is 16.7. The van der Waals surface area contributed by atoms with Crippen molar-refractivity contribution in [1.29, 1.82) is 0 Å². The van der Waals surface area contributed by atoms with Gasteiger partial charge in [-0.3, -0.25) is 24.5 Å². The molecule has 0 bridgehead atoms. The summed E-state index contributed by atoms with van der Waals surface area (Å²) in [5.74, 6) is -2.30. The van der Waals surface area contributed by atoms with Crippen LogP contribution in [0.25, 0.3) is 0 Å². The molecule has 14 nitrogen and oxygen atoms in total. The van der Waals surface area contributed by atoms with Gasteiger partial charge in [0, 0.05) is 45.4 Å². The molecule has 0 amide bonds. The molecule has 35 heavy (non-hydrogen) atoms. The highest BCUT2D eigenvalue weighted by Crippen LogP contribution is 2.31. The van der Waals surface area contributed by atoms with E-state index in [0.29, 0.717) is 12.7 Å². The van der Waals surface area contributed by atoms with Crippen LogP contribution in [0.5, 0.6) is 5.75 Å². The van der Waals surface area contributed by atoms with Gasteiger partial charge in [0.15, 0.2) is 11.9 Å². The number of methoxy groups -OCH3 is 2. The molecular formula is C21H29NO13. The van der Waals surface area contributed by atoms with Gasteiger partial charge < -0.3 is 34.0 Å². The van der Waals surface area contributed by atoms with Crippen LogP contribution < -0.4 is 4.74 Å². The number of carbonyl (C=O) groups is 5. The fraction of sp³-hybridized carbons (Fsp3) is 0.476. The monoisotopic (exact) mass is 503 g/mol. The first-order valence-electron chi connectivity index (χ1n) is 9.81. The number of nitro benzene ring substituents is 1. The van der Waals surface area contributed by atoms with Crippen molar-refractivity contribution in [2.75, 3.05) is 14.2 Å². The zero-order valence-electron chi connectivity index (χ0n) is 19.9. The molecule has 0 aromatic heterocycles. The second-order valence-corrected chi connectivity index (χ2v) is 6.40. The van der Waals surface area contributed by atoms with Gasteiger partial charge in [-0.2, -0.15) is 0 Å². The number of carbonyl (C=O) groups excluding carboxylic acids is 3. The Kier molecular flexibility index (Phi) is 17.6. The Bertz CT molecular complexity index is 836. The standard InChI is InChI=1S/C15H17NO8.2C2H4O2.C2H4O/c1-21-10-6-13(15(18)22-2)24-14(7-10)23-12-4-3-9(8-17)5-11(12)16(19)20;2*1-2(3)4;1-2-3/h3-5,8,10,13-14H,6-7H2,1-2H3;2*1H3,(H,3,4);2H,1H3. The summed E-state index contributed by atoms with van der Waals surface area (Å²) >= 11 is 0. The van der Waals surface area contributed by atoms with Crippen molar-refractivity contribution in [3.63, 3.8) is 0 Å². The molecule has 0 aliphatic carbocycles. The van der Waals surface area contributed by atoms with Crippen LogP contribution in [0.3, 0.4) is 0 Å². The lowest BCUT2D eigenvalue weighted by Crippen LogP contribution is -2.43. The Morgan fingerprint density at radius 2 is 1.63 bits per heavy atom. The molecule has 1 fully saturated rings. The van der Waals surface area contributed by atoms with E-state index in [0.717, 1.165) is 26.2 Å². The number of nitro groups is 1. The van der Waals surface area contributed by atoms with Gasteiger partial charge in [0.05, 0.1) is 18.1 Å². The molecule has 196 valence electrons. The van der Waals surface area contributed by atoms with Crippen LogP contribution in [-0.2, 0) is 33.4 Å². The van der Waals surface area contributed by atoms with E-state index in [1.807, 2.05) is 0 Å². The van der Waals surface area contributed by atoms with Crippen molar-refractivity contribution in [1.82, 2.24) is 0 Å². The van der Waals surface area contributed by atoms with E-state index in [9.17, 15) is 19.7 Å². The number of nitrogens with zero attached hydrogens (tertiary/aromatic N) is 1. The topological polar surface area (TPSA) is 206 Å². The smallest absolute Gasteiger partial charge is 0.335 e. The molecule has 1 aliphatic heterocycles. The summed E-state index contributed by atoms with van der Waals surface area (Å²) in [7, 11) is 2.73. The average molecular weight is 503 g/mol. The number of hydrogen-bond acceptors (Lipinski definition) is 11. The fourth-order valence-electron chi connectivity index (χ4n) is 2.39. The molecule has 0 spiro atoms. The van der Waals surface area contributed by atoms with Crippen LogP contribution in [-0.4, -0.2) is 78.3 Å². The van der Waals surface area contributed by atoms with E-state index in [4.69, 9.17) is 38.8 Å². The summed E-state index contributed by atoms with van der Waals surface area (Å²) in [5.41, 5.74) is -0.210. The first-order valence-corrected chi connectivity index (χ1v) is 9.81. The average Bonchev–Trinajstić information content (AvgIpc) is 2.78. The van der Waals surface area contributed by atoms with Gasteiger partial charge in [-0.15, -0.1) is 0 Å². The molecule has 0 radical (unpaired) electrons. The summed E-state index contributed by atoms with van der Waals surface area (Å²) in [6.07, 6.45) is -0.282. The van der Waals surface area contributed by atoms with Crippen molar-refractivity contribution in [2.45, 2.75) is 52.1 Å². The van der Waals surface area contributed by atoms with E-state index >= 15 is 0 Å². The predicted octanol–water partition coefficient (Wildman–Crippen LogP) is 1.87. The summed E-state index contributed by atoms with van der Waals surface area (Å²) in [6, 6.07) is 3.81. The third-order valence-corrected chi connectivity index (χ3v) is 3.62. The predicted molar refractivity (Wildman–Crippen MR) is 118 cm³/mol. The van der Waals surface area contributed by atoms with Crippen molar-refractivity contribution >= 4 is 36.2 Å². The van der Waals surface area contributed by atoms with Crippen LogP contribution in [0.15, 0.2) is 18.2 Å². The number of rotatable bonds is 6. The van der Waals surface area contributed by atoms with Gasteiger partial charge in [0.1, 0.15) is 12.6 Å². The Labute approximate surface area is 200 Å². The zero-order valence-corrected chi connectivity index (χ0v) is 19.9. The summed E-state index contributed by atoms with van der Waals surface area (Å²) < 4.78 is 20.9. The number of carboxylic acid groups (broad SMARTS) is 2. The molecule has 3 atom stereocenters. The second-order valence-electron chi connectivity index (χ2n) is 6.40. The molecule has 2 rings (SSSR count). The van der Waals surface area contributed by atoms with E-state index in [1.165, 1.54) is 33.3 Å². The van der Waals surface area contributed by atoms with Crippen LogP contribution in [0.1, 0.15) is 44.0 Å². The maximum atomic E-state index is 11.7. The minimum atomic E-state index is -0.923. The number of aldehydes is 2. The fourth-order valence-corrected chi connectivity index (χ4v) is 2.39.